The van der Waals surface area contributed by atoms with E-state index < -0.39 is 9.89 Å². The molecule has 1 amide bonds. The molecule has 0 heterocycles. The van der Waals surface area contributed by atoms with Crippen molar-refractivity contribution >= 4 is 40.9 Å². The summed E-state index contributed by atoms with van der Waals surface area (Å²) in [7, 11) is 0. The highest BCUT2D eigenvalue weighted by atomic mass is 35.6. The van der Waals surface area contributed by atoms with Crippen LogP contribution in [0, 0.1) is 0 Å². The smallest absolute Gasteiger partial charge is 0.407 e. The summed E-state index contributed by atoms with van der Waals surface area (Å²) >= 11 is 16.5. The second-order valence-electron chi connectivity index (χ2n) is 4.92. The fourth-order valence-corrected chi connectivity index (χ4v) is 2.13. The molecule has 1 fully saturated rings. The molecular formula is C14H16Cl3NO3. The molecule has 0 saturated heterocycles. The van der Waals surface area contributed by atoms with Crippen LogP contribution in [0.5, 0.6) is 0 Å². The number of carbonyl (C=O) groups excluding carboxylic acids is 1. The maximum absolute atomic E-state index is 11.4. The van der Waals surface area contributed by atoms with Gasteiger partial charge in [-0.3, -0.25) is 0 Å². The lowest BCUT2D eigenvalue weighted by molar-refractivity contribution is -0.0260. The molecule has 4 nitrogen and oxygen atoms in total. The van der Waals surface area contributed by atoms with Gasteiger partial charge in [0, 0.05) is 6.04 Å². The summed E-state index contributed by atoms with van der Waals surface area (Å²) in [5.41, 5.74) is 1.14. The molecule has 1 saturated carbocycles. The molecule has 0 radical (unpaired) electrons. The van der Waals surface area contributed by atoms with Crippen LogP contribution < -0.4 is 5.32 Å². The first-order valence-electron chi connectivity index (χ1n) is 6.58. The van der Waals surface area contributed by atoms with Crippen molar-refractivity contribution in [3.63, 3.8) is 0 Å². The van der Waals surface area contributed by atoms with E-state index in [1.165, 1.54) is 0 Å². The Morgan fingerprint density at radius 1 is 1.24 bits per heavy atom. The van der Waals surface area contributed by atoms with E-state index in [2.05, 4.69) is 5.32 Å². The molecule has 2 rings (SSSR count). The van der Waals surface area contributed by atoms with Crippen molar-refractivity contribution in [1.82, 2.24) is 5.32 Å². The Hall–Kier alpha value is -0.680. The summed E-state index contributed by atoms with van der Waals surface area (Å²) in [6.45, 7) is 0.306. The van der Waals surface area contributed by atoms with Gasteiger partial charge in [-0.15, -0.1) is 0 Å². The van der Waals surface area contributed by atoms with E-state index in [1.807, 2.05) is 30.3 Å². The highest BCUT2D eigenvalue weighted by Crippen LogP contribution is 2.27. The number of hydrogen-bond acceptors (Lipinski definition) is 3. The number of ether oxygens (including phenoxy) is 2. The second kappa shape index (κ2) is 7.54. The van der Waals surface area contributed by atoms with E-state index in [-0.39, 0.29) is 18.8 Å². The Morgan fingerprint density at radius 3 is 2.52 bits per heavy atom. The summed E-state index contributed by atoms with van der Waals surface area (Å²) in [6.07, 6.45) is 1.10. The maximum Gasteiger partial charge on any atom is 0.407 e. The second-order valence-corrected chi connectivity index (χ2v) is 7.44. The Morgan fingerprint density at radius 2 is 1.90 bits per heavy atom. The normalized spacial score (nSPS) is 21.5. The Labute approximate surface area is 138 Å². The first kappa shape index (κ1) is 16.7. The van der Waals surface area contributed by atoms with Gasteiger partial charge in [0.2, 0.25) is 3.79 Å². The molecule has 7 heteroatoms. The average molecular weight is 353 g/mol. The van der Waals surface area contributed by atoms with Crippen molar-refractivity contribution in [3.05, 3.63) is 35.9 Å². The fraction of sp³-hybridized carbons (Fsp3) is 0.500. The fourth-order valence-electron chi connectivity index (χ4n) is 1.96. The first-order valence-corrected chi connectivity index (χ1v) is 7.71. The minimum atomic E-state index is -1.59. The molecule has 1 aliphatic rings. The van der Waals surface area contributed by atoms with E-state index >= 15 is 0 Å². The topological polar surface area (TPSA) is 47.6 Å². The molecule has 0 unspecified atom stereocenters. The van der Waals surface area contributed by atoms with Gasteiger partial charge in [-0.25, -0.2) is 4.79 Å². The predicted molar refractivity (Wildman–Crippen MR) is 82.8 cm³/mol. The van der Waals surface area contributed by atoms with Crippen molar-refractivity contribution in [1.29, 1.82) is 0 Å². The van der Waals surface area contributed by atoms with Gasteiger partial charge in [0.25, 0.3) is 0 Å². The summed E-state index contributed by atoms with van der Waals surface area (Å²) < 4.78 is 8.94. The summed E-state index contributed by atoms with van der Waals surface area (Å²) in [5, 5.41) is 2.70. The lowest BCUT2D eigenvalue weighted by Gasteiger charge is -2.35. The van der Waals surface area contributed by atoms with E-state index in [1.54, 1.807) is 0 Å². The molecule has 1 aromatic carbocycles. The van der Waals surface area contributed by atoms with Gasteiger partial charge in [-0.2, -0.15) is 0 Å². The number of halogens is 3. The average Bonchev–Trinajstić information content (AvgIpc) is 2.39. The lowest BCUT2D eigenvalue weighted by Crippen LogP contribution is -2.48. The molecule has 116 valence electrons. The van der Waals surface area contributed by atoms with Crippen molar-refractivity contribution in [2.75, 3.05) is 6.61 Å². The molecule has 0 aliphatic heterocycles. The summed E-state index contributed by atoms with van der Waals surface area (Å²) in [4.78, 5) is 11.4. The van der Waals surface area contributed by atoms with Crippen LogP contribution in [-0.2, 0) is 16.1 Å². The minimum absolute atomic E-state index is 0.0497. The van der Waals surface area contributed by atoms with Gasteiger partial charge in [0.05, 0.1) is 12.7 Å². The third kappa shape index (κ3) is 6.30. The van der Waals surface area contributed by atoms with Crippen LogP contribution in [0.1, 0.15) is 18.4 Å². The number of benzene rings is 1. The Balaban J connectivity index is 1.58. The van der Waals surface area contributed by atoms with Crippen LogP contribution in [0.3, 0.4) is 0 Å². The van der Waals surface area contributed by atoms with Gasteiger partial charge in [0.15, 0.2) is 0 Å². The molecule has 1 aromatic rings. The van der Waals surface area contributed by atoms with E-state index in [9.17, 15) is 4.79 Å². The number of alkyl halides is 3. The van der Waals surface area contributed by atoms with E-state index in [0.717, 1.165) is 18.4 Å². The molecular weight excluding hydrogens is 337 g/mol. The summed E-state index contributed by atoms with van der Waals surface area (Å²) in [5.74, 6) is 0. The molecule has 1 N–H and O–H groups in total. The first-order chi connectivity index (χ1) is 9.92. The van der Waals surface area contributed by atoms with Gasteiger partial charge in [-0.1, -0.05) is 65.1 Å². The van der Waals surface area contributed by atoms with Crippen LogP contribution in [-0.4, -0.2) is 28.6 Å². The zero-order valence-electron chi connectivity index (χ0n) is 11.2. The van der Waals surface area contributed by atoms with E-state index in [0.29, 0.717) is 6.61 Å². The largest absolute Gasteiger partial charge is 0.445 e. The Kier molecular flexibility index (Phi) is 5.99. The molecule has 1 aliphatic carbocycles. The van der Waals surface area contributed by atoms with Crippen LogP contribution in [0.4, 0.5) is 4.79 Å². The van der Waals surface area contributed by atoms with Gasteiger partial charge >= 0.3 is 6.09 Å². The predicted octanol–water partition coefficient (Wildman–Crippen LogP) is 3.83. The van der Waals surface area contributed by atoms with Crippen LogP contribution in [0.15, 0.2) is 30.3 Å². The third-order valence-corrected chi connectivity index (χ3v) is 3.44. The van der Waals surface area contributed by atoms with Gasteiger partial charge < -0.3 is 14.8 Å². The number of rotatable bonds is 5. The zero-order chi connectivity index (χ0) is 15.3. The monoisotopic (exact) mass is 351 g/mol. The molecule has 0 atom stereocenters. The summed E-state index contributed by atoms with van der Waals surface area (Å²) in [6, 6.07) is 10.0. The minimum Gasteiger partial charge on any atom is -0.445 e. The Bertz CT molecular complexity index is 458. The van der Waals surface area contributed by atoms with Crippen LogP contribution in [0.25, 0.3) is 0 Å². The number of amides is 1. The highest BCUT2D eigenvalue weighted by molar-refractivity contribution is 6.67. The standard InChI is InChI=1S/C14H16Cl3NO3/c15-14(16,17)9-21-13(19)18-11-6-12(7-11)20-8-10-4-2-1-3-5-10/h1-5,11-12H,6-9H2,(H,18,19). The van der Waals surface area contributed by atoms with Crippen molar-refractivity contribution in [2.45, 2.75) is 35.4 Å². The molecule has 0 bridgehead atoms. The maximum atomic E-state index is 11.4. The number of nitrogens with one attached hydrogen (secondary N) is 1. The molecule has 0 spiro atoms. The third-order valence-electron chi connectivity index (χ3n) is 3.11. The molecule has 21 heavy (non-hydrogen) atoms. The number of alkyl carbamates (subject to hydrolysis) is 1. The SMILES string of the molecule is O=C(NC1CC(OCc2ccccc2)C1)OCC(Cl)(Cl)Cl. The van der Waals surface area contributed by atoms with Crippen molar-refractivity contribution in [2.24, 2.45) is 0 Å². The quantitative estimate of drug-likeness (QED) is 0.819. The van der Waals surface area contributed by atoms with Crippen molar-refractivity contribution < 1.29 is 14.3 Å². The highest BCUT2D eigenvalue weighted by Gasteiger charge is 2.32. The number of carbonyl (C=O) groups is 1. The van der Waals surface area contributed by atoms with Crippen LogP contribution in [0.2, 0.25) is 0 Å². The van der Waals surface area contributed by atoms with Crippen molar-refractivity contribution in [3.8, 4) is 0 Å². The molecule has 0 aromatic heterocycles. The van der Waals surface area contributed by atoms with E-state index in [4.69, 9.17) is 44.3 Å². The van der Waals surface area contributed by atoms with Gasteiger partial charge in [-0.05, 0) is 18.4 Å². The van der Waals surface area contributed by atoms with Crippen LogP contribution >= 0.6 is 34.8 Å². The van der Waals surface area contributed by atoms with Gasteiger partial charge in [0.1, 0.15) is 6.61 Å². The number of hydrogen-bond donors (Lipinski definition) is 1. The zero-order valence-corrected chi connectivity index (χ0v) is 13.5. The lowest BCUT2D eigenvalue weighted by atomic mass is 9.89.